The number of likely N-dealkylation sites (tertiary alicyclic amines) is 1. The fraction of sp³-hybridized carbons (Fsp3) is 0.294. The second-order valence-corrected chi connectivity index (χ2v) is 7.47. The number of rotatable bonds is 4. The normalized spacial score (nSPS) is 17.2. The highest BCUT2D eigenvalue weighted by molar-refractivity contribution is 7.98. The van der Waals surface area contributed by atoms with Crippen molar-refractivity contribution in [2.45, 2.75) is 17.4 Å². The molecular formula is C17H16N4O2S2. The van der Waals surface area contributed by atoms with Crippen molar-refractivity contribution in [1.29, 1.82) is 0 Å². The summed E-state index contributed by atoms with van der Waals surface area (Å²) in [6.45, 7) is 1.29. The van der Waals surface area contributed by atoms with E-state index < -0.39 is 0 Å². The summed E-state index contributed by atoms with van der Waals surface area (Å²) in [5, 5.41) is 6.86. The topological polar surface area (TPSA) is 72.1 Å². The summed E-state index contributed by atoms with van der Waals surface area (Å²) in [5.74, 6) is 1.35. The van der Waals surface area contributed by atoms with Crippen LogP contribution in [0.3, 0.4) is 0 Å². The van der Waals surface area contributed by atoms with Crippen LogP contribution in [0.5, 0.6) is 0 Å². The molecule has 3 aromatic rings. The first-order chi connectivity index (χ1) is 12.3. The van der Waals surface area contributed by atoms with Crippen molar-refractivity contribution in [3.05, 3.63) is 47.2 Å². The van der Waals surface area contributed by atoms with Gasteiger partial charge in [0.05, 0.1) is 10.4 Å². The van der Waals surface area contributed by atoms with E-state index in [0.717, 1.165) is 16.3 Å². The predicted octanol–water partition coefficient (Wildman–Crippen LogP) is 3.54. The van der Waals surface area contributed by atoms with Gasteiger partial charge in [-0.2, -0.15) is 4.98 Å². The molecule has 0 aliphatic carbocycles. The van der Waals surface area contributed by atoms with E-state index in [1.165, 1.54) is 11.8 Å². The van der Waals surface area contributed by atoms with Crippen LogP contribution in [-0.4, -0.2) is 45.3 Å². The third kappa shape index (κ3) is 3.19. The van der Waals surface area contributed by atoms with Crippen LogP contribution < -0.4 is 0 Å². The molecule has 1 aliphatic heterocycles. The molecule has 1 saturated heterocycles. The number of hydrogen-bond donors (Lipinski definition) is 0. The first-order valence-corrected chi connectivity index (χ1v) is 10.0. The lowest BCUT2D eigenvalue weighted by Gasteiger charge is -2.17. The molecule has 1 atom stereocenters. The maximum atomic E-state index is 12.8. The lowest BCUT2D eigenvalue weighted by molar-refractivity contribution is 0.0786. The molecule has 4 heterocycles. The van der Waals surface area contributed by atoms with Crippen LogP contribution in [0.2, 0.25) is 0 Å². The van der Waals surface area contributed by atoms with E-state index >= 15 is 0 Å². The SMILES string of the molecule is CSc1ncccc1C(=O)N1CC[C@@H](c2noc(-c3cccs3)n2)C1. The molecule has 0 bridgehead atoms. The van der Waals surface area contributed by atoms with Crippen LogP contribution in [-0.2, 0) is 0 Å². The Morgan fingerprint density at radius 2 is 2.32 bits per heavy atom. The van der Waals surface area contributed by atoms with Crippen molar-refractivity contribution in [1.82, 2.24) is 20.0 Å². The Labute approximate surface area is 153 Å². The molecule has 0 saturated carbocycles. The Balaban J connectivity index is 1.49. The number of carbonyl (C=O) groups excluding carboxylic acids is 1. The zero-order valence-corrected chi connectivity index (χ0v) is 15.2. The second-order valence-electron chi connectivity index (χ2n) is 5.73. The zero-order valence-electron chi connectivity index (χ0n) is 13.6. The van der Waals surface area contributed by atoms with Crippen molar-refractivity contribution in [2.75, 3.05) is 19.3 Å². The molecule has 1 amide bonds. The van der Waals surface area contributed by atoms with Crippen molar-refractivity contribution in [3.63, 3.8) is 0 Å². The average molecular weight is 372 g/mol. The monoisotopic (exact) mass is 372 g/mol. The molecule has 1 fully saturated rings. The first kappa shape index (κ1) is 16.3. The van der Waals surface area contributed by atoms with Crippen molar-refractivity contribution in [2.24, 2.45) is 0 Å². The molecule has 0 N–H and O–H groups in total. The zero-order chi connectivity index (χ0) is 17.2. The van der Waals surface area contributed by atoms with Gasteiger partial charge in [0.2, 0.25) is 0 Å². The van der Waals surface area contributed by atoms with Gasteiger partial charge in [-0.3, -0.25) is 4.79 Å². The van der Waals surface area contributed by atoms with E-state index in [1.54, 1.807) is 23.6 Å². The van der Waals surface area contributed by atoms with Gasteiger partial charge in [-0.05, 0) is 36.3 Å². The highest BCUT2D eigenvalue weighted by Crippen LogP contribution is 2.30. The van der Waals surface area contributed by atoms with Crippen molar-refractivity contribution < 1.29 is 9.32 Å². The minimum absolute atomic E-state index is 0.0157. The fourth-order valence-electron chi connectivity index (χ4n) is 2.94. The summed E-state index contributed by atoms with van der Waals surface area (Å²) >= 11 is 3.05. The smallest absolute Gasteiger partial charge is 0.267 e. The van der Waals surface area contributed by atoms with Gasteiger partial charge in [0.1, 0.15) is 5.03 Å². The second kappa shape index (κ2) is 6.97. The molecule has 6 nitrogen and oxygen atoms in total. The van der Waals surface area contributed by atoms with Crippen molar-refractivity contribution >= 4 is 29.0 Å². The Kier molecular flexibility index (Phi) is 4.54. The van der Waals surface area contributed by atoms with Crippen molar-refractivity contribution in [3.8, 4) is 10.8 Å². The molecule has 4 rings (SSSR count). The van der Waals surface area contributed by atoms with Crippen LogP contribution in [0.1, 0.15) is 28.5 Å². The Morgan fingerprint density at radius 1 is 1.40 bits per heavy atom. The molecule has 25 heavy (non-hydrogen) atoms. The van der Waals surface area contributed by atoms with Gasteiger partial charge in [0.25, 0.3) is 11.8 Å². The summed E-state index contributed by atoms with van der Waals surface area (Å²) in [4.78, 5) is 24.4. The summed E-state index contributed by atoms with van der Waals surface area (Å²) in [6, 6.07) is 7.54. The molecule has 0 radical (unpaired) electrons. The van der Waals surface area contributed by atoms with Gasteiger partial charge in [0, 0.05) is 25.2 Å². The lowest BCUT2D eigenvalue weighted by Crippen LogP contribution is -2.29. The van der Waals surface area contributed by atoms with Gasteiger partial charge in [-0.15, -0.1) is 23.1 Å². The number of amides is 1. The molecule has 128 valence electrons. The third-order valence-electron chi connectivity index (χ3n) is 4.21. The standard InChI is InChI=1S/C17H16N4O2S2/c1-24-16-12(4-2-7-18-16)17(22)21-8-6-11(10-21)14-19-15(23-20-14)13-5-3-9-25-13/h2-5,7,9,11H,6,8,10H2,1H3/t11-/m1/s1. The molecule has 0 aromatic carbocycles. The van der Waals surface area contributed by atoms with E-state index in [-0.39, 0.29) is 11.8 Å². The van der Waals surface area contributed by atoms with Crippen LogP contribution in [0.15, 0.2) is 45.4 Å². The van der Waals surface area contributed by atoms with E-state index in [2.05, 4.69) is 15.1 Å². The Morgan fingerprint density at radius 3 is 3.12 bits per heavy atom. The molecule has 0 unspecified atom stereocenters. The molecule has 8 heteroatoms. The number of nitrogens with zero attached hydrogens (tertiary/aromatic N) is 4. The largest absolute Gasteiger partial charge is 0.338 e. The number of hydrogen-bond acceptors (Lipinski definition) is 7. The fourth-order valence-corrected chi connectivity index (χ4v) is 4.13. The Bertz CT molecular complexity index is 878. The summed E-state index contributed by atoms with van der Waals surface area (Å²) in [6.07, 6.45) is 4.47. The number of thioether (sulfide) groups is 1. The minimum atomic E-state index is 0.0157. The minimum Gasteiger partial charge on any atom is -0.338 e. The van der Waals surface area contributed by atoms with Gasteiger partial charge in [0.15, 0.2) is 5.82 Å². The number of aromatic nitrogens is 3. The van der Waals surface area contributed by atoms with Crippen LogP contribution >= 0.6 is 23.1 Å². The molecular weight excluding hydrogens is 356 g/mol. The number of thiophene rings is 1. The van der Waals surface area contributed by atoms with E-state index in [0.29, 0.717) is 30.4 Å². The highest BCUT2D eigenvalue weighted by atomic mass is 32.2. The van der Waals surface area contributed by atoms with E-state index in [4.69, 9.17) is 4.52 Å². The van der Waals surface area contributed by atoms with Gasteiger partial charge >= 0.3 is 0 Å². The van der Waals surface area contributed by atoms with Crippen LogP contribution in [0.4, 0.5) is 0 Å². The maximum absolute atomic E-state index is 12.8. The van der Waals surface area contributed by atoms with Gasteiger partial charge in [-0.1, -0.05) is 11.2 Å². The van der Waals surface area contributed by atoms with Gasteiger partial charge in [-0.25, -0.2) is 4.98 Å². The van der Waals surface area contributed by atoms with Gasteiger partial charge < -0.3 is 9.42 Å². The molecule has 0 spiro atoms. The maximum Gasteiger partial charge on any atom is 0.267 e. The lowest BCUT2D eigenvalue weighted by atomic mass is 10.1. The summed E-state index contributed by atoms with van der Waals surface area (Å²) in [7, 11) is 0. The first-order valence-electron chi connectivity index (χ1n) is 7.92. The highest BCUT2D eigenvalue weighted by Gasteiger charge is 2.32. The summed E-state index contributed by atoms with van der Waals surface area (Å²) in [5.41, 5.74) is 0.656. The number of carbonyl (C=O) groups is 1. The van der Waals surface area contributed by atoms with E-state index in [1.807, 2.05) is 34.7 Å². The molecule has 3 aromatic heterocycles. The third-order valence-corrected chi connectivity index (χ3v) is 5.78. The predicted molar refractivity (Wildman–Crippen MR) is 96.9 cm³/mol. The van der Waals surface area contributed by atoms with Crippen LogP contribution in [0.25, 0.3) is 10.8 Å². The quantitative estimate of drug-likeness (QED) is 0.652. The number of pyridine rings is 1. The average Bonchev–Trinajstić information content (AvgIpc) is 3.41. The summed E-state index contributed by atoms with van der Waals surface area (Å²) < 4.78 is 5.37. The molecule has 1 aliphatic rings. The van der Waals surface area contributed by atoms with Crippen LogP contribution in [0, 0.1) is 0 Å². The Hall–Kier alpha value is -2.19. The van der Waals surface area contributed by atoms with E-state index in [9.17, 15) is 4.79 Å².